The number of carbonyl (C=O) groups excluding carboxylic acids is 2. The zero-order valence-corrected chi connectivity index (χ0v) is 15.8. The van der Waals surface area contributed by atoms with Crippen LogP contribution in [0.5, 0.6) is 0 Å². The number of fused-ring (bicyclic) bond motifs is 1. The molecule has 0 aromatic carbocycles. The van der Waals surface area contributed by atoms with Gasteiger partial charge < -0.3 is 19.6 Å². The second-order valence-electron chi connectivity index (χ2n) is 6.56. The molecule has 0 aliphatic carbocycles. The lowest BCUT2D eigenvalue weighted by Gasteiger charge is -2.20. The highest BCUT2D eigenvalue weighted by molar-refractivity contribution is 5.96. The van der Waals surface area contributed by atoms with E-state index in [1.165, 1.54) is 34.0 Å². The highest BCUT2D eigenvalue weighted by atomic mass is 16.3. The van der Waals surface area contributed by atoms with E-state index in [-0.39, 0.29) is 16.9 Å². The monoisotopic (exact) mass is 371 g/mol. The van der Waals surface area contributed by atoms with E-state index in [0.717, 1.165) is 11.3 Å². The fourth-order valence-electron chi connectivity index (χ4n) is 2.91. The van der Waals surface area contributed by atoms with Gasteiger partial charge in [-0.15, -0.1) is 0 Å². The lowest BCUT2D eigenvalue weighted by atomic mass is 10.2. The van der Waals surface area contributed by atoms with Crippen molar-refractivity contribution in [3.05, 3.63) is 46.0 Å². The molecule has 0 unspecified atom stereocenters. The van der Waals surface area contributed by atoms with Crippen molar-refractivity contribution in [2.45, 2.75) is 26.8 Å². The molecule has 3 heterocycles. The smallest absolute Gasteiger partial charge is 0.294 e. The summed E-state index contributed by atoms with van der Waals surface area (Å²) in [4.78, 5) is 42.0. The van der Waals surface area contributed by atoms with Crippen LogP contribution in [0.2, 0.25) is 0 Å². The van der Waals surface area contributed by atoms with Crippen LogP contribution in [0.15, 0.2) is 27.7 Å². The molecule has 3 aromatic rings. The molecule has 0 aliphatic rings. The van der Waals surface area contributed by atoms with Gasteiger partial charge in [-0.25, -0.2) is 4.98 Å². The van der Waals surface area contributed by atoms with Gasteiger partial charge >= 0.3 is 0 Å². The summed E-state index contributed by atoms with van der Waals surface area (Å²) in [6, 6.07) is 1.05. The van der Waals surface area contributed by atoms with Crippen molar-refractivity contribution in [2.75, 3.05) is 7.05 Å². The van der Waals surface area contributed by atoms with E-state index in [1.54, 1.807) is 13.2 Å². The topological polar surface area (TPSA) is 116 Å². The van der Waals surface area contributed by atoms with Crippen LogP contribution in [-0.2, 0) is 11.8 Å². The van der Waals surface area contributed by atoms with Gasteiger partial charge in [0.25, 0.3) is 11.5 Å². The number of hydrogen-bond acceptors (Lipinski definition) is 5. The van der Waals surface area contributed by atoms with E-state index in [0.29, 0.717) is 11.5 Å². The minimum absolute atomic E-state index is 0.0555. The highest BCUT2D eigenvalue weighted by Crippen LogP contribution is 2.25. The number of aryl methyl sites for hydroxylation is 2. The van der Waals surface area contributed by atoms with Crippen LogP contribution < -0.4 is 11.3 Å². The molecule has 0 spiro atoms. The minimum atomic E-state index is -0.794. The molecule has 0 saturated heterocycles. The molecule has 9 nitrogen and oxygen atoms in total. The molecule has 0 saturated carbocycles. The fraction of sp³-hybridized carbons (Fsp3) is 0.333. The Kier molecular flexibility index (Phi) is 4.38. The Labute approximate surface area is 155 Å². The highest BCUT2D eigenvalue weighted by Gasteiger charge is 2.24. The standard InChI is InChI=1S/C18H21N5O4/c1-9-6-12(11(3)27-9)14-8-23-7-13(20-16(23)18(26)22(14)5)17(25)21(4)10(2)15(19)24/h6-8,10H,1-5H3,(H2,19,24)/t10-/m1/s1. The van der Waals surface area contributed by atoms with Gasteiger partial charge in [0.2, 0.25) is 11.6 Å². The van der Waals surface area contributed by atoms with E-state index >= 15 is 0 Å². The van der Waals surface area contributed by atoms with Crippen LogP contribution in [0, 0.1) is 13.8 Å². The van der Waals surface area contributed by atoms with Gasteiger partial charge in [0.15, 0.2) is 0 Å². The third-order valence-corrected chi connectivity index (χ3v) is 4.70. The number of nitrogens with two attached hydrogens (primary N) is 1. The molecular formula is C18H21N5O4. The molecule has 3 aromatic heterocycles. The van der Waals surface area contributed by atoms with Crippen LogP contribution in [0.1, 0.15) is 28.9 Å². The summed E-state index contributed by atoms with van der Waals surface area (Å²) in [6.07, 6.45) is 3.18. The summed E-state index contributed by atoms with van der Waals surface area (Å²) in [5.41, 5.74) is 6.49. The average molecular weight is 371 g/mol. The zero-order valence-electron chi connectivity index (χ0n) is 15.8. The van der Waals surface area contributed by atoms with Gasteiger partial charge in [-0.3, -0.25) is 18.8 Å². The Morgan fingerprint density at radius 3 is 2.52 bits per heavy atom. The Hall–Kier alpha value is -3.36. The van der Waals surface area contributed by atoms with Crippen LogP contribution in [0.25, 0.3) is 16.9 Å². The molecule has 142 valence electrons. The lowest BCUT2D eigenvalue weighted by Crippen LogP contribution is -2.43. The van der Waals surface area contributed by atoms with Gasteiger partial charge in [0.05, 0.1) is 5.69 Å². The Bertz CT molecular complexity index is 1120. The molecule has 27 heavy (non-hydrogen) atoms. The summed E-state index contributed by atoms with van der Waals surface area (Å²) in [5, 5.41) is 0. The van der Waals surface area contributed by atoms with Crippen LogP contribution in [-0.4, -0.2) is 43.8 Å². The van der Waals surface area contributed by atoms with Gasteiger partial charge in [-0.05, 0) is 26.8 Å². The lowest BCUT2D eigenvalue weighted by molar-refractivity contribution is -0.121. The largest absolute Gasteiger partial charge is 0.466 e. The second kappa shape index (κ2) is 6.42. The number of furan rings is 1. The number of hydrogen-bond donors (Lipinski definition) is 1. The van der Waals surface area contributed by atoms with Crippen molar-refractivity contribution in [2.24, 2.45) is 12.8 Å². The quantitative estimate of drug-likeness (QED) is 0.730. The van der Waals surface area contributed by atoms with Crippen molar-refractivity contribution >= 4 is 17.5 Å². The van der Waals surface area contributed by atoms with E-state index in [9.17, 15) is 14.4 Å². The van der Waals surface area contributed by atoms with Crippen molar-refractivity contribution in [3.63, 3.8) is 0 Å². The number of aromatic nitrogens is 3. The number of primary amides is 1. The first-order chi connectivity index (χ1) is 12.6. The number of rotatable bonds is 4. The van der Waals surface area contributed by atoms with Crippen LogP contribution in [0.3, 0.4) is 0 Å². The van der Waals surface area contributed by atoms with Gasteiger partial charge in [0.1, 0.15) is 23.3 Å². The number of likely N-dealkylation sites (N-methyl/N-ethyl adjacent to an activating group) is 1. The summed E-state index contributed by atoms with van der Waals surface area (Å²) in [7, 11) is 3.10. The SMILES string of the molecule is Cc1cc(-c2cn3cc(C(=O)N(C)[C@H](C)C(N)=O)nc3c(=O)n2C)c(C)o1. The Balaban J connectivity index is 2.12. The number of amides is 2. The maximum Gasteiger partial charge on any atom is 0.294 e. The van der Waals surface area contributed by atoms with Crippen molar-refractivity contribution in [3.8, 4) is 11.3 Å². The van der Waals surface area contributed by atoms with Crippen molar-refractivity contribution in [1.29, 1.82) is 0 Å². The molecule has 1 atom stereocenters. The zero-order chi connectivity index (χ0) is 20.0. The molecule has 2 N–H and O–H groups in total. The molecule has 2 amide bonds. The van der Waals surface area contributed by atoms with Crippen LogP contribution >= 0.6 is 0 Å². The molecular weight excluding hydrogens is 350 g/mol. The first-order valence-corrected chi connectivity index (χ1v) is 8.34. The van der Waals surface area contributed by atoms with Crippen molar-refractivity contribution in [1.82, 2.24) is 18.9 Å². The number of carbonyl (C=O) groups is 2. The molecule has 9 heteroatoms. The molecule has 0 bridgehead atoms. The first kappa shape index (κ1) is 18.4. The summed E-state index contributed by atoms with van der Waals surface area (Å²) in [6.45, 7) is 5.17. The molecule has 0 aliphatic heterocycles. The minimum Gasteiger partial charge on any atom is -0.466 e. The number of imidazole rings is 1. The summed E-state index contributed by atoms with van der Waals surface area (Å²) >= 11 is 0. The predicted octanol–water partition coefficient (Wildman–Crippen LogP) is 0.856. The van der Waals surface area contributed by atoms with E-state index in [1.807, 2.05) is 19.9 Å². The maximum atomic E-state index is 12.7. The second-order valence-corrected chi connectivity index (χ2v) is 6.56. The normalized spacial score (nSPS) is 12.3. The van der Waals surface area contributed by atoms with Gasteiger partial charge in [0, 0.05) is 32.1 Å². The molecule has 0 radical (unpaired) electrons. The van der Waals surface area contributed by atoms with E-state index in [2.05, 4.69) is 4.98 Å². The number of nitrogens with zero attached hydrogens (tertiary/aromatic N) is 4. The van der Waals surface area contributed by atoms with Crippen LogP contribution in [0.4, 0.5) is 0 Å². The average Bonchev–Trinajstić information content (AvgIpc) is 3.18. The van der Waals surface area contributed by atoms with Gasteiger partial charge in [-0.2, -0.15) is 0 Å². The summed E-state index contributed by atoms with van der Waals surface area (Å²) in [5.74, 6) is 0.300. The predicted molar refractivity (Wildman–Crippen MR) is 98.4 cm³/mol. The summed E-state index contributed by atoms with van der Waals surface area (Å²) < 4.78 is 8.53. The fourth-order valence-corrected chi connectivity index (χ4v) is 2.91. The van der Waals surface area contributed by atoms with Crippen molar-refractivity contribution < 1.29 is 14.0 Å². The molecule has 0 fully saturated rings. The Morgan fingerprint density at radius 1 is 1.30 bits per heavy atom. The third kappa shape index (κ3) is 3.01. The van der Waals surface area contributed by atoms with Gasteiger partial charge in [-0.1, -0.05) is 0 Å². The third-order valence-electron chi connectivity index (χ3n) is 4.70. The van der Waals surface area contributed by atoms with E-state index < -0.39 is 17.9 Å². The molecule has 3 rings (SSSR count). The Morgan fingerprint density at radius 2 is 1.96 bits per heavy atom. The first-order valence-electron chi connectivity index (χ1n) is 8.34. The van der Waals surface area contributed by atoms with E-state index in [4.69, 9.17) is 10.2 Å². The maximum absolute atomic E-state index is 12.7.